The lowest BCUT2D eigenvalue weighted by atomic mass is 9.69. The Morgan fingerprint density at radius 2 is 1.63 bits per heavy atom. The number of carbonyl (C=O) groups is 3. The first kappa shape index (κ1) is 41.7. The third kappa shape index (κ3) is 8.59. The number of piperazine rings is 1. The maximum atomic E-state index is 11.7. The van der Waals surface area contributed by atoms with Gasteiger partial charge in [-0.15, -0.1) is 0 Å². The second kappa shape index (κ2) is 18.0. The molecule has 4 fully saturated rings. The van der Waals surface area contributed by atoms with Crippen molar-refractivity contribution in [3.8, 4) is 17.2 Å². The highest BCUT2D eigenvalue weighted by Gasteiger charge is 2.40. The van der Waals surface area contributed by atoms with E-state index in [9.17, 15) is 19.5 Å². The number of phenolic OH excluding ortho intramolecular Hbond substituents is 1. The summed E-state index contributed by atoms with van der Waals surface area (Å²) in [6.07, 6.45) is 8.36. The number of phenols is 1. The number of hydrogen-bond acceptors (Lipinski definition) is 10. The Hall–Kier alpha value is -5.59. The molecule has 11 rings (SSSR count). The number of likely N-dealkylation sites (N-methyl/N-ethyl adjacent to an activating group) is 1. The number of nitrogens with one attached hydrogen (secondary N) is 2. The van der Waals surface area contributed by atoms with Crippen molar-refractivity contribution in [2.75, 3.05) is 69.9 Å². The van der Waals surface area contributed by atoms with E-state index in [-0.39, 0.29) is 29.2 Å². The molecule has 326 valence electrons. The second-order valence-corrected chi connectivity index (χ2v) is 17.8. The van der Waals surface area contributed by atoms with Crippen LogP contribution in [0.4, 0.5) is 11.4 Å². The largest absolute Gasteiger partial charge is 0.508 e. The number of carbonyl (C=O) groups excluding carboxylic acids is 3. The number of piperidine rings is 2. The molecule has 1 spiro atoms. The summed E-state index contributed by atoms with van der Waals surface area (Å²) in [7, 11) is 3.94. The first-order valence-corrected chi connectivity index (χ1v) is 22.5. The summed E-state index contributed by atoms with van der Waals surface area (Å²) in [6.45, 7) is 7.42. The van der Waals surface area contributed by atoms with Crippen LogP contribution in [0.3, 0.4) is 0 Å². The first-order valence-electron chi connectivity index (χ1n) is 22.5. The summed E-state index contributed by atoms with van der Waals surface area (Å²) in [5, 5.41) is 15.2. The molecule has 0 bridgehead atoms. The fourth-order valence-corrected chi connectivity index (χ4v) is 10.7. The average Bonchev–Trinajstić information content (AvgIpc) is 3.92. The lowest BCUT2D eigenvalue weighted by Crippen LogP contribution is -2.56. The zero-order valence-electron chi connectivity index (χ0n) is 36.0. The Balaban J connectivity index is 0.000000150. The number of hydrogen-bond donors (Lipinski definition) is 3. The van der Waals surface area contributed by atoms with Gasteiger partial charge in [0.05, 0.1) is 24.4 Å². The van der Waals surface area contributed by atoms with Crippen LogP contribution in [0.1, 0.15) is 101 Å². The van der Waals surface area contributed by atoms with Gasteiger partial charge in [-0.05, 0) is 105 Å². The monoisotopic (exact) mass is 841 g/mol. The van der Waals surface area contributed by atoms with Crippen molar-refractivity contribution in [3.63, 3.8) is 0 Å². The van der Waals surface area contributed by atoms with Gasteiger partial charge in [0, 0.05) is 93.1 Å². The maximum absolute atomic E-state index is 11.7. The van der Waals surface area contributed by atoms with Crippen LogP contribution in [-0.4, -0.2) is 99.5 Å². The van der Waals surface area contributed by atoms with Crippen LogP contribution < -0.4 is 29.9 Å². The zero-order chi connectivity index (χ0) is 42.8. The number of aryl methyl sites for hydroxylation is 1. The number of imide groups is 1. The molecule has 0 saturated carbocycles. The summed E-state index contributed by atoms with van der Waals surface area (Å²) < 4.78 is 18.2. The summed E-state index contributed by atoms with van der Waals surface area (Å²) in [4.78, 5) is 39.6. The van der Waals surface area contributed by atoms with Gasteiger partial charge in [-0.25, -0.2) is 0 Å². The van der Waals surface area contributed by atoms with Crippen LogP contribution in [0.25, 0.3) is 0 Å². The minimum absolute atomic E-state index is 0.0156. The van der Waals surface area contributed by atoms with Crippen molar-refractivity contribution >= 4 is 29.1 Å². The van der Waals surface area contributed by atoms with Gasteiger partial charge in [0.15, 0.2) is 0 Å². The molecule has 7 aliphatic rings. The predicted octanol–water partition coefficient (Wildman–Crippen LogP) is 6.67. The minimum Gasteiger partial charge on any atom is -0.508 e. The summed E-state index contributed by atoms with van der Waals surface area (Å²) in [5.74, 6) is 2.49. The lowest BCUT2D eigenvalue weighted by Gasteiger charge is -2.45. The van der Waals surface area contributed by atoms with Gasteiger partial charge in [0.25, 0.3) is 5.91 Å². The number of nitrogens with zero attached hydrogens (tertiary/aromatic N) is 3. The maximum Gasteiger partial charge on any atom is 0.252 e. The molecule has 4 saturated heterocycles. The van der Waals surface area contributed by atoms with Gasteiger partial charge in [0.1, 0.15) is 23.9 Å². The number of rotatable bonds is 4. The smallest absolute Gasteiger partial charge is 0.252 e. The second-order valence-electron chi connectivity index (χ2n) is 17.8. The normalized spacial score (nSPS) is 23.5. The molecule has 0 radical (unpaired) electrons. The predicted molar refractivity (Wildman–Crippen MR) is 239 cm³/mol. The molecule has 0 aromatic heterocycles. The van der Waals surface area contributed by atoms with Crippen LogP contribution in [0.2, 0.25) is 0 Å². The Bertz CT molecular complexity index is 2270. The molecule has 1 aliphatic carbocycles. The van der Waals surface area contributed by atoms with Crippen molar-refractivity contribution in [3.05, 3.63) is 112 Å². The fourth-order valence-electron chi connectivity index (χ4n) is 10.7. The fraction of sp³-hybridized carbons (Fsp3) is 0.460. The molecule has 12 nitrogen and oxygen atoms in total. The van der Waals surface area contributed by atoms with E-state index >= 15 is 0 Å². The van der Waals surface area contributed by atoms with Crippen molar-refractivity contribution in [1.82, 2.24) is 15.5 Å². The molecule has 3 N–H and O–H groups in total. The van der Waals surface area contributed by atoms with Gasteiger partial charge < -0.3 is 39.3 Å². The van der Waals surface area contributed by atoms with E-state index in [1.165, 1.54) is 40.8 Å². The van der Waals surface area contributed by atoms with Gasteiger partial charge in [-0.3, -0.25) is 19.7 Å². The van der Waals surface area contributed by atoms with Gasteiger partial charge in [0.2, 0.25) is 11.8 Å². The summed E-state index contributed by atoms with van der Waals surface area (Å²) in [5.41, 5.74) is 9.44. The molecule has 3 unspecified atom stereocenters. The standard InChI is InChI=1S/C31H35NO3.C14H17N3O2.C5H7NO2/c1-34-29-21-24(32-17-15-31(16-18-32)14-5-19-35-31)9-12-28(29)30-26(22-6-3-2-4-7-22)11-8-23-20-25(33)10-13-27(23)30;1-16-4-5-17-9(7-16)8-19-13-11-6-15-14(18)10(11)2-3-12(13)17;7-4-2-1-3-5(8)6-4/h2-4,6-7,9-10,12-13,20-21,26,30,33H,5,8,11,14-19H2,1H3;2-3,9H,4-8H2,1H3,(H,15,18);1-3H2,(H,6,7,8). The Kier molecular flexibility index (Phi) is 12.1. The van der Waals surface area contributed by atoms with Crippen molar-refractivity contribution < 1.29 is 33.7 Å². The van der Waals surface area contributed by atoms with Crippen LogP contribution >= 0.6 is 0 Å². The van der Waals surface area contributed by atoms with Crippen LogP contribution in [-0.2, 0) is 27.3 Å². The molecule has 4 aromatic rings. The molecule has 62 heavy (non-hydrogen) atoms. The minimum atomic E-state index is -0.138. The zero-order valence-corrected chi connectivity index (χ0v) is 36.0. The lowest BCUT2D eigenvalue weighted by molar-refractivity contribution is -0.132. The molecule has 4 aromatic carbocycles. The van der Waals surface area contributed by atoms with E-state index in [1.54, 1.807) is 7.11 Å². The number of amides is 3. The Labute approximate surface area is 364 Å². The molecule has 3 atom stereocenters. The SMILES string of the molecule is CN1CCN2c3ccc4c(c3OCC2C1)CNC4=O.COc1cc(N2CCC3(CCCO3)CC2)ccc1C1c2ccc(O)cc2CCC1c1ccccc1.O=C1CCCC(=O)N1. The van der Waals surface area contributed by atoms with E-state index in [1.807, 2.05) is 24.3 Å². The van der Waals surface area contributed by atoms with Crippen molar-refractivity contribution in [2.45, 2.75) is 87.8 Å². The van der Waals surface area contributed by atoms with Gasteiger partial charge in [-0.2, -0.15) is 0 Å². The van der Waals surface area contributed by atoms with Crippen molar-refractivity contribution in [2.24, 2.45) is 0 Å². The third-order valence-corrected chi connectivity index (χ3v) is 14.0. The topological polar surface area (TPSA) is 133 Å². The Morgan fingerprint density at radius 3 is 2.35 bits per heavy atom. The van der Waals surface area contributed by atoms with Crippen LogP contribution in [0.5, 0.6) is 17.2 Å². The molecule has 12 heteroatoms. The molecular formula is C50H59N5O7. The number of benzene rings is 4. The highest BCUT2D eigenvalue weighted by Crippen LogP contribution is 2.50. The van der Waals surface area contributed by atoms with E-state index in [0.29, 0.717) is 50.1 Å². The Morgan fingerprint density at radius 1 is 0.839 bits per heavy atom. The molecule has 3 amide bonds. The molecule has 6 heterocycles. The number of methoxy groups -OCH3 is 1. The van der Waals surface area contributed by atoms with Gasteiger partial charge >= 0.3 is 0 Å². The van der Waals surface area contributed by atoms with E-state index in [0.717, 1.165) is 93.3 Å². The van der Waals surface area contributed by atoms with E-state index < -0.39 is 0 Å². The highest BCUT2D eigenvalue weighted by atomic mass is 16.5. The number of fused-ring (bicyclic) bond motifs is 6. The molecule has 6 aliphatic heterocycles. The van der Waals surface area contributed by atoms with E-state index in [4.69, 9.17) is 14.2 Å². The van der Waals surface area contributed by atoms with Gasteiger partial charge in [-0.1, -0.05) is 42.5 Å². The quantitative estimate of drug-likeness (QED) is 0.192. The average molecular weight is 842 g/mol. The van der Waals surface area contributed by atoms with E-state index in [2.05, 4.69) is 87.0 Å². The number of ether oxygens (including phenoxy) is 3. The summed E-state index contributed by atoms with van der Waals surface area (Å²) >= 11 is 0. The molecular weight excluding hydrogens is 783 g/mol. The third-order valence-electron chi connectivity index (χ3n) is 14.0. The summed E-state index contributed by atoms with van der Waals surface area (Å²) in [6, 6.07) is 27.9. The van der Waals surface area contributed by atoms with Crippen LogP contribution in [0.15, 0.2) is 78.9 Å². The number of aromatic hydroxyl groups is 1. The van der Waals surface area contributed by atoms with Crippen molar-refractivity contribution in [1.29, 1.82) is 0 Å². The first-order chi connectivity index (χ1) is 30.2. The highest BCUT2D eigenvalue weighted by molar-refractivity contribution is 6.00. The van der Waals surface area contributed by atoms with Crippen LogP contribution in [0, 0.1) is 0 Å². The number of anilines is 2.